The average molecular weight is 463 g/mol. The molecule has 0 aromatic carbocycles. The lowest BCUT2D eigenvalue weighted by Crippen LogP contribution is -2.52. The second-order valence-electron chi connectivity index (χ2n) is 4.44. The normalized spacial score (nSPS) is 34.6. The van der Waals surface area contributed by atoms with E-state index in [9.17, 15) is 14.4 Å². The van der Waals surface area contributed by atoms with Crippen molar-refractivity contribution >= 4 is 87.5 Å². The van der Waals surface area contributed by atoms with Gasteiger partial charge in [0.15, 0.2) is 0 Å². The third kappa shape index (κ3) is 7.85. The molecule has 138 valence electrons. The first-order chi connectivity index (χ1) is 11.0. The van der Waals surface area contributed by atoms with E-state index in [0.29, 0.717) is 0 Å². The van der Waals surface area contributed by atoms with Crippen LogP contribution >= 0.6 is 69.6 Å². The molecule has 6 nitrogen and oxygen atoms in total. The van der Waals surface area contributed by atoms with Crippen LogP contribution in [0.25, 0.3) is 0 Å². The molecule has 0 unspecified atom stereocenters. The molecule has 0 bridgehead atoms. The molecule has 1 heterocycles. The van der Waals surface area contributed by atoms with E-state index in [0.717, 1.165) is 6.08 Å². The van der Waals surface area contributed by atoms with Gasteiger partial charge in [0.25, 0.3) is 0 Å². The quantitative estimate of drug-likeness (QED) is 0.317. The fourth-order valence-corrected chi connectivity index (χ4v) is 3.76. The Bertz CT molecular complexity index is 408. The second-order valence-corrected chi connectivity index (χ2v) is 7.46. The van der Waals surface area contributed by atoms with Crippen LogP contribution in [0.15, 0.2) is 12.7 Å². The van der Waals surface area contributed by atoms with E-state index in [4.69, 9.17) is 74.7 Å². The Morgan fingerprint density at radius 2 is 1.25 bits per heavy atom. The molecule has 1 saturated carbocycles. The molecular formula is C12H14Cl6N2O4. The van der Waals surface area contributed by atoms with Crippen LogP contribution in [0.3, 0.4) is 0 Å². The Kier molecular flexibility index (Phi) is 11.4. The fourth-order valence-electron chi connectivity index (χ4n) is 1.43. The average Bonchev–Trinajstić information content (AvgIpc) is 2.93. The van der Waals surface area contributed by atoms with Crippen molar-refractivity contribution in [2.45, 2.75) is 32.3 Å². The standard InChI is InChI=1S/C6H6Cl6.C3H4N2O2.C3H4O2/c7-1-2(8)4(10)6(12)5(11)3(1)9;6-2-1-4-3(7)5-2;1-2-3(4)5/h1-6H;1H2,(H2,4,5,6,7);2H,1H2,(H,4,5)/t1-,2-,3-,4+,5+,6+;;. The third-order valence-electron chi connectivity index (χ3n) is 2.66. The lowest BCUT2D eigenvalue weighted by Gasteiger charge is -2.37. The van der Waals surface area contributed by atoms with Crippen LogP contribution in [-0.2, 0) is 9.59 Å². The van der Waals surface area contributed by atoms with Gasteiger partial charge in [0.2, 0.25) is 5.91 Å². The largest absolute Gasteiger partial charge is 0.478 e. The minimum absolute atomic E-state index is 0.124. The number of alkyl halides is 6. The molecule has 0 radical (unpaired) electrons. The summed E-state index contributed by atoms with van der Waals surface area (Å²) in [5, 5.41) is 9.28. The molecule has 0 aromatic heterocycles. The van der Waals surface area contributed by atoms with E-state index in [-0.39, 0.29) is 12.5 Å². The summed E-state index contributed by atoms with van der Waals surface area (Å²) in [6.07, 6.45) is 0.833. The van der Waals surface area contributed by atoms with Crippen molar-refractivity contribution < 1.29 is 19.5 Å². The smallest absolute Gasteiger partial charge is 0.327 e. The van der Waals surface area contributed by atoms with Gasteiger partial charge < -0.3 is 10.4 Å². The number of amides is 3. The van der Waals surface area contributed by atoms with Crippen LogP contribution < -0.4 is 10.6 Å². The summed E-state index contributed by atoms with van der Waals surface area (Å²) in [4.78, 5) is 29.3. The Balaban J connectivity index is 0.000000373. The molecule has 2 aliphatic rings. The van der Waals surface area contributed by atoms with E-state index in [1.54, 1.807) is 0 Å². The number of nitrogens with one attached hydrogen (secondary N) is 2. The van der Waals surface area contributed by atoms with Crippen LogP contribution in [0.2, 0.25) is 0 Å². The van der Waals surface area contributed by atoms with E-state index in [2.05, 4.69) is 11.9 Å². The number of urea groups is 1. The van der Waals surface area contributed by atoms with Crippen molar-refractivity contribution in [1.82, 2.24) is 10.6 Å². The summed E-state index contributed by atoms with van der Waals surface area (Å²) in [5.74, 6) is -1.24. The molecule has 2 fully saturated rings. The van der Waals surface area contributed by atoms with E-state index in [1.807, 2.05) is 5.32 Å². The molecule has 12 heteroatoms. The highest BCUT2D eigenvalue weighted by atomic mass is 35.5. The van der Waals surface area contributed by atoms with Gasteiger partial charge in [-0.1, -0.05) is 6.58 Å². The van der Waals surface area contributed by atoms with Gasteiger partial charge in [0.05, 0.1) is 38.8 Å². The number of aliphatic carboxylic acids is 1. The maximum Gasteiger partial charge on any atom is 0.327 e. The van der Waals surface area contributed by atoms with Gasteiger partial charge in [0.1, 0.15) is 0 Å². The van der Waals surface area contributed by atoms with Crippen molar-refractivity contribution in [2.24, 2.45) is 0 Å². The van der Waals surface area contributed by atoms with Gasteiger partial charge in [-0.05, 0) is 0 Å². The predicted molar refractivity (Wildman–Crippen MR) is 97.2 cm³/mol. The molecule has 1 saturated heterocycles. The summed E-state index contributed by atoms with van der Waals surface area (Å²) in [6.45, 7) is 3.08. The molecule has 1 aliphatic heterocycles. The van der Waals surface area contributed by atoms with Crippen molar-refractivity contribution in [2.75, 3.05) is 6.54 Å². The zero-order valence-corrected chi connectivity index (χ0v) is 16.4. The molecular weight excluding hydrogens is 449 g/mol. The van der Waals surface area contributed by atoms with Gasteiger partial charge >= 0.3 is 12.0 Å². The number of hydrogen-bond acceptors (Lipinski definition) is 3. The van der Waals surface area contributed by atoms with Crippen molar-refractivity contribution in [3.63, 3.8) is 0 Å². The van der Waals surface area contributed by atoms with Gasteiger partial charge in [-0.15, -0.1) is 69.6 Å². The van der Waals surface area contributed by atoms with E-state index < -0.39 is 44.3 Å². The van der Waals surface area contributed by atoms with Gasteiger partial charge in [0, 0.05) is 6.08 Å². The minimum Gasteiger partial charge on any atom is -0.478 e. The Morgan fingerprint density at radius 3 is 1.33 bits per heavy atom. The lowest BCUT2D eigenvalue weighted by molar-refractivity contribution is -0.131. The van der Waals surface area contributed by atoms with Gasteiger partial charge in [-0.2, -0.15) is 0 Å². The number of hydrogen-bond donors (Lipinski definition) is 3. The second kappa shape index (κ2) is 11.5. The maximum atomic E-state index is 10.1. The summed E-state index contributed by atoms with van der Waals surface area (Å²) >= 11 is 35.3. The monoisotopic (exact) mass is 460 g/mol. The predicted octanol–water partition coefficient (Wildman–Crippen LogP) is 2.73. The van der Waals surface area contributed by atoms with Crippen molar-refractivity contribution in [3.8, 4) is 0 Å². The first-order valence-electron chi connectivity index (χ1n) is 6.30. The van der Waals surface area contributed by atoms with Gasteiger partial charge in [-0.3, -0.25) is 10.1 Å². The van der Waals surface area contributed by atoms with E-state index >= 15 is 0 Å². The third-order valence-corrected chi connectivity index (χ3v) is 6.69. The fraction of sp³-hybridized carbons (Fsp3) is 0.583. The molecule has 0 atom stereocenters. The molecule has 3 N–H and O–H groups in total. The number of carboxylic acids is 1. The topological polar surface area (TPSA) is 95.5 Å². The first kappa shape index (κ1) is 23.9. The number of halogens is 6. The number of imide groups is 1. The number of carboxylic acid groups (broad SMARTS) is 1. The van der Waals surface area contributed by atoms with Gasteiger partial charge in [-0.25, -0.2) is 9.59 Å². The number of rotatable bonds is 1. The van der Waals surface area contributed by atoms with E-state index in [1.165, 1.54) is 0 Å². The molecule has 2 rings (SSSR count). The zero-order chi connectivity index (χ0) is 19.0. The van der Waals surface area contributed by atoms with Crippen LogP contribution in [-0.4, -0.2) is 61.8 Å². The Morgan fingerprint density at radius 1 is 0.958 bits per heavy atom. The Hall–Kier alpha value is -0.110. The van der Waals surface area contributed by atoms with Crippen LogP contribution in [0.1, 0.15) is 0 Å². The van der Waals surface area contributed by atoms with Crippen LogP contribution in [0, 0.1) is 0 Å². The maximum absolute atomic E-state index is 10.1. The highest BCUT2D eigenvalue weighted by Crippen LogP contribution is 2.39. The molecule has 0 aromatic rings. The molecule has 3 amide bonds. The Labute approximate surface area is 168 Å². The molecule has 0 spiro atoms. The number of carbonyl (C=O) groups excluding carboxylic acids is 2. The zero-order valence-electron chi connectivity index (χ0n) is 11.9. The first-order valence-corrected chi connectivity index (χ1v) is 8.92. The summed E-state index contributed by atoms with van der Waals surface area (Å²) in [7, 11) is 0. The molecule has 1 aliphatic carbocycles. The lowest BCUT2D eigenvalue weighted by atomic mass is 9.97. The highest BCUT2D eigenvalue weighted by Gasteiger charge is 2.46. The minimum atomic E-state index is -0.981. The summed E-state index contributed by atoms with van der Waals surface area (Å²) < 4.78 is 0. The van der Waals surface area contributed by atoms with Crippen LogP contribution in [0.4, 0.5) is 4.79 Å². The van der Waals surface area contributed by atoms with Crippen LogP contribution in [0.5, 0.6) is 0 Å². The molecule has 24 heavy (non-hydrogen) atoms. The van der Waals surface area contributed by atoms with Crippen molar-refractivity contribution in [1.29, 1.82) is 0 Å². The SMILES string of the molecule is C=CC(=O)O.Cl[C@H]1[C@H](Cl)[C@@H](Cl)[C@@H](Cl)[C@H](Cl)[C@H]1Cl.O=C1CNC(=O)N1. The summed E-state index contributed by atoms with van der Waals surface area (Å²) in [5.41, 5.74) is 0. The highest BCUT2D eigenvalue weighted by molar-refractivity contribution is 6.45. The van der Waals surface area contributed by atoms with Crippen molar-refractivity contribution in [3.05, 3.63) is 12.7 Å². The summed E-state index contributed by atoms with van der Waals surface area (Å²) in [6, 6.07) is -0.398. The number of carbonyl (C=O) groups is 3.